The molecule has 0 aromatic carbocycles. The highest BCUT2D eigenvalue weighted by Crippen LogP contribution is 2.29. The van der Waals surface area contributed by atoms with Gasteiger partial charge in [0.1, 0.15) is 5.92 Å². The molecule has 0 saturated carbocycles. The summed E-state index contributed by atoms with van der Waals surface area (Å²) in [4.78, 5) is 26.6. The van der Waals surface area contributed by atoms with Gasteiger partial charge in [-0.25, -0.2) is 0 Å². The van der Waals surface area contributed by atoms with E-state index in [0.717, 1.165) is 0 Å². The number of alkyl halides is 3. The highest BCUT2D eigenvalue weighted by Gasteiger charge is 2.41. The van der Waals surface area contributed by atoms with Gasteiger partial charge in [-0.1, -0.05) is 20.8 Å². The summed E-state index contributed by atoms with van der Waals surface area (Å²) in [5.41, 5.74) is -0.728. The standard InChI is InChI=1S/C15H25F3N2O3/c1-14(2,3)11(13(22)23)12(21)19(4)10-5-7-20(8-6-10)9-15(16,17)18/h10-11H,5-9H2,1-4H3,(H,22,23). The zero-order valence-electron chi connectivity index (χ0n) is 14.0. The number of rotatable bonds is 4. The molecule has 1 atom stereocenters. The normalized spacial score (nSPS) is 19.4. The first kappa shape index (κ1) is 19.7. The molecule has 1 N–H and O–H groups in total. The SMILES string of the molecule is CN(C(=O)C(C(=O)O)C(C)(C)C)C1CCN(CC(F)(F)F)CC1. The Hall–Kier alpha value is -1.31. The van der Waals surface area contributed by atoms with Crippen molar-refractivity contribution in [2.24, 2.45) is 11.3 Å². The summed E-state index contributed by atoms with van der Waals surface area (Å²) in [5.74, 6) is -2.83. The van der Waals surface area contributed by atoms with Gasteiger partial charge in [0, 0.05) is 26.2 Å². The molecule has 1 amide bonds. The third kappa shape index (κ3) is 5.67. The van der Waals surface area contributed by atoms with Crippen LogP contribution < -0.4 is 0 Å². The van der Waals surface area contributed by atoms with Gasteiger partial charge in [-0.2, -0.15) is 13.2 Å². The number of amides is 1. The van der Waals surface area contributed by atoms with Crippen molar-refractivity contribution in [3.63, 3.8) is 0 Å². The highest BCUT2D eigenvalue weighted by atomic mass is 19.4. The fraction of sp³-hybridized carbons (Fsp3) is 0.867. The molecule has 1 heterocycles. The van der Waals surface area contributed by atoms with Crippen molar-refractivity contribution in [1.29, 1.82) is 0 Å². The zero-order valence-corrected chi connectivity index (χ0v) is 14.0. The molecule has 0 aliphatic carbocycles. The average molecular weight is 338 g/mol. The molecular formula is C15H25F3N2O3. The van der Waals surface area contributed by atoms with E-state index in [1.54, 1.807) is 20.8 Å². The number of carbonyl (C=O) groups is 2. The Labute approximate surface area is 134 Å². The number of likely N-dealkylation sites (tertiary alicyclic amines) is 1. The molecule has 0 bridgehead atoms. The predicted molar refractivity (Wildman–Crippen MR) is 78.9 cm³/mol. The minimum absolute atomic E-state index is 0.226. The van der Waals surface area contributed by atoms with E-state index in [0.29, 0.717) is 12.8 Å². The minimum atomic E-state index is -4.23. The van der Waals surface area contributed by atoms with Crippen molar-refractivity contribution < 1.29 is 27.9 Å². The Morgan fingerprint density at radius 2 is 1.70 bits per heavy atom. The van der Waals surface area contributed by atoms with Crippen LogP contribution in [0.5, 0.6) is 0 Å². The third-order valence-corrected chi connectivity index (χ3v) is 4.22. The number of hydrogen-bond donors (Lipinski definition) is 1. The van der Waals surface area contributed by atoms with Gasteiger partial charge in [0.25, 0.3) is 0 Å². The number of halogens is 3. The second kappa shape index (κ2) is 7.07. The molecule has 23 heavy (non-hydrogen) atoms. The summed E-state index contributed by atoms with van der Waals surface area (Å²) in [6.45, 7) is 4.59. The van der Waals surface area contributed by atoms with E-state index in [4.69, 9.17) is 0 Å². The number of nitrogens with zero attached hydrogens (tertiary/aromatic N) is 2. The Morgan fingerprint density at radius 1 is 1.22 bits per heavy atom. The molecule has 1 aliphatic rings. The smallest absolute Gasteiger partial charge is 0.401 e. The van der Waals surface area contributed by atoms with Crippen molar-refractivity contribution in [2.75, 3.05) is 26.7 Å². The average Bonchev–Trinajstić information content (AvgIpc) is 2.34. The van der Waals surface area contributed by atoms with E-state index < -0.39 is 35.9 Å². The molecule has 1 unspecified atom stereocenters. The number of carboxylic acid groups (broad SMARTS) is 1. The fourth-order valence-corrected chi connectivity index (χ4v) is 2.95. The fourth-order valence-electron chi connectivity index (χ4n) is 2.95. The van der Waals surface area contributed by atoms with Crippen LogP contribution in [0.15, 0.2) is 0 Å². The molecule has 1 aliphatic heterocycles. The van der Waals surface area contributed by atoms with E-state index in [2.05, 4.69) is 0 Å². The van der Waals surface area contributed by atoms with Crippen molar-refractivity contribution in [2.45, 2.75) is 45.8 Å². The molecule has 5 nitrogen and oxygen atoms in total. The molecule has 1 rings (SSSR count). The summed E-state index contributed by atoms with van der Waals surface area (Å²) in [5, 5.41) is 9.32. The summed E-state index contributed by atoms with van der Waals surface area (Å²) in [6.07, 6.45) is -3.40. The van der Waals surface area contributed by atoms with Gasteiger partial charge in [0.05, 0.1) is 6.54 Å². The van der Waals surface area contributed by atoms with Crippen LogP contribution in [-0.2, 0) is 9.59 Å². The van der Waals surface area contributed by atoms with Crippen LogP contribution in [0.1, 0.15) is 33.6 Å². The monoisotopic (exact) mass is 338 g/mol. The number of carbonyl (C=O) groups excluding carboxylic acids is 1. The Balaban J connectivity index is 2.67. The van der Waals surface area contributed by atoms with Gasteiger partial charge < -0.3 is 10.0 Å². The minimum Gasteiger partial charge on any atom is -0.481 e. The van der Waals surface area contributed by atoms with Crippen molar-refractivity contribution in [1.82, 2.24) is 9.80 Å². The van der Waals surface area contributed by atoms with E-state index in [-0.39, 0.29) is 19.1 Å². The molecule has 1 saturated heterocycles. The molecule has 134 valence electrons. The van der Waals surface area contributed by atoms with Crippen LogP contribution in [0, 0.1) is 11.3 Å². The van der Waals surface area contributed by atoms with Crippen LogP contribution in [0.4, 0.5) is 13.2 Å². The van der Waals surface area contributed by atoms with Crippen LogP contribution in [0.25, 0.3) is 0 Å². The largest absolute Gasteiger partial charge is 0.481 e. The van der Waals surface area contributed by atoms with Gasteiger partial charge in [0.15, 0.2) is 0 Å². The Kier molecular flexibility index (Phi) is 6.06. The van der Waals surface area contributed by atoms with Gasteiger partial charge in [-0.05, 0) is 18.3 Å². The van der Waals surface area contributed by atoms with Gasteiger partial charge in [-0.3, -0.25) is 14.5 Å². The van der Waals surface area contributed by atoms with Gasteiger partial charge in [0.2, 0.25) is 5.91 Å². The van der Waals surface area contributed by atoms with E-state index in [1.165, 1.54) is 16.8 Å². The molecular weight excluding hydrogens is 313 g/mol. The quantitative estimate of drug-likeness (QED) is 0.799. The summed E-state index contributed by atoms with van der Waals surface area (Å²) < 4.78 is 37.1. The second-order valence-electron chi connectivity index (χ2n) is 7.21. The molecule has 0 aromatic rings. The van der Waals surface area contributed by atoms with E-state index in [1.807, 2.05) is 0 Å². The number of aliphatic carboxylic acids is 1. The van der Waals surface area contributed by atoms with Gasteiger partial charge in [-0.15, -0.1) is 0 Å². The van der Waals surface area contributed by atoms with E-state index >= 15 is 0 Å². The van der Waals surface area contributed by atoms with Crippen LogP contribution in [0.2, 0.25) is 0 Å². The van der Waals surface area contributed by atoms with Crippen molar-refractivity contribution in [3.8, 4) is 0 Å². The summed E-state index contributed by atoms with van der Waals surface area (Å²) in [7, 11) is 1.54. The summed E-state index contributed by atoms with van der Waals surface area (Å²) >= 11 is 0. The molecule has 8 heteroatoms. The second-order valence-corrected chi connectivity index (χ2v) is 7.21. The van der Waals surface area contributed by atoms with Crippen LogP contribution in [-0.4, -0.2) is 65.7 Å². The zero-order chi connectivity index (χ0) is 18.0. The Bertz CT molecular complexity index is 438. The van der Waals surface area contributed by atoms with Crippen molar-refractivity contribution >= 4 is 11.9 Å². The lowest BCUT2D eigenvalue weighted by Gasteiger charge is -2.39. The lowest BCUT2D eigenvalue weighted by atomic mass is 9.79. The maximum Gasteiger partial charge on any atom is 0.401 e. The first-order chi connectivity index (χ1) is 10.3. The lowest BCUT2D eigenvalue weighted by molar-refractivity contribution is -0.159. The number of hydrogen-bond acceptors (Lipinski definition) is 3. The third-order valence-electron chi connectivity index (χ3n) is 4.22. The maximum absolute atomic E-state index is 12.5. The topological polar surface area (TPSA) is 60.9 Å². The van der Waals surface area contributed by atoms with Gasteiger partial charge >= 0.3 is 12.1 Å². The first-order valence-corrected chi connectivity index (χ1v) is 7.61. The lowest BCUT2D eigenvalue weighted by Crippen LogP contribution is -2.51. The molecule has 0 spiro atoms. The number of carboxylic acids is 1. The first-order valence-electron chi connectivity index (χ1n) is 7.61. The van der Waals surface area contributed by atoms with Crippen LogP contribution in [0.3, 0.4) is 0 Å². The predicted octanol–water partition coefficient (Wildman–Crippen LogP) is 2.22. The highest BCUT2D eigenvalue weighted by molar-refractivity contribution is 5.97. The molecule has 1 fully saturated rings. The van der Waals surface area contributed by atoms with Crippen molar-refractivity contribution in [3.05, 3.63) is 0 Å². The number of piperidine rings is 1. The maximum atomic E-state index is 12.5. The Morgan fingerprint density at radius 3 is 2.04 bits per heavy atom. The van der Waals surface area contributed by atoms with E-state index in [9.17, 15) is 27.9 Å². The molecule has 0 aromatic heterocycles. The summed E-state index contributed by atoms with van der Waals surface area (Å²) in [6, 6.07) is -0.226. The van der Waals surface area contributed by atoms with Crippen LogP contribution >= 0.6 is 0 Å². The molecule has 0 radical (unpaired) electrons.